The van der Waals surface area contributed by atoms with Crippen molar-refractivity contribution in [3.05, 3.63) is 415 Å². The van der Waals surface area contributed by atoms with Crippen LogP contribution in [0.2, 0.25) is 0 Å². The van der Waals surface area contributed by atoms with Gasteiger partial charge in [-0.3, -0.25) is 34.4 Å². The van der Waals surface area contributed by atoms with Crippen LogP contribution >= 0.6 is 0 Å². The van der Waals surface area contributed by atoms with Crippen molar-refractivity contribution in [2.24, 2.45) is 0 Å². The number of benzene rings is 8. The third-order valence-corrected chi connectivity index (χ3v) is 18.9. The average Bonchev–Trinajstić information content (AvgIpc) is 0.800. The van der Waals surface area contributed by atoms with Crippen LogP contribution in [0.4, 0.5) is 40.1 Å². The smallest absolute Gasteiger partial charge is 0.658 e. The van der Waals surface area contributed by atoms with E-state index in [4.69, 9.17) is 24.7 Å². The van der Waals surface area contributed by atoms with Gasteiger partial charge < -0.3 is 35.3 Å². The minimum absolute atomic E-state index is 0. The van der Waals surface area contributed by atoms with E-state index in [1.165, 1.54) is 25.0 Å². The first-order chi connectivity index (χ1) is 56.7. The molecule has 8 aromatic heterocycles. The molecule has 0 radical (unpaired) electrons. The summed E-state index contributed by atoms with van der Waals surface area (Å²) < 4.78 is 5.85. The number of para-hydroxylation sites is 4. The summed E-state index contributed by atoms with van der Waals surface area (Å²) in [5.41, 5.74) is 19.2. The Balaban J connectivity index is 0.000000184. The van der Waals surface area contributed by atoms with Crippen LogP contribution < -0.4 is 9.64 Å². The fourth-order valence-electron chi connectivity index (χ4n) is 12.5. The average molecular weight is 2310 g/mol. The van der Waals surface area contributed by atoms with Crippen molar-refractivity contribution in [3.8, 4) is 79.3 Å². The van der Waals surface area contributed by atoms with Crippen LogP contribution in [0.3, 0.4) is 0 Å². The van der Waals surface area contributed by atoms with E-state index in [-0.39, 0.29) is 112 Å². The molecule has 18 heteroatoms. The Labute approximate surface area is 767 Å². The Morgan fingerprint density at radius 3 is 0.967 bits per heavy atom. The third kappa shape index (κ3) is 25.0. The second kappa shape index (κ2) is 44.0. The molecule has 0 atom stereocenters. The molecule has 8 aromatic carbocycles. The van der Waals surface area contributed by atoms with Crippen molar-refractivity contribution >= 4 is 51.6 Å². The molecule has 0 aliphatic carbocycles. The number of anilines is 3. The van der Waals surface area contributed by atoms with Crippen molar-refractivity contribution in [1.29, 1.82) is 0 Å². The monoisotopic (exact) mass is 2300 g/mol. The molecule has 0 amide bonds. The molecule has 0 aliphatic rings. The van der Waals surface area contributed by atoms with Gasteiger partial charge in [-0.1, -0.05) is 206 Å². The van der Waals surface area contributed by atoms with Gasteiger partial charge >= 0.3 is 84.3 Å². The quantitative estimate of drug-likeness (QED) is 0.0553. The number of aromatic nitrogens is 8. The zero-order chi connectivity index (χ0) is 81.7. The van der Waals surface area contributed by atoms with Crippen LogP contribution in [0.5, 0.6) is 11.8 Å². The summed E-state index contributed by atoms with van der Waals surface area (Å²) in [5, 5.41) is 9.27. The van der Waals surface area contributed by atoms with Gasteiger partial charge in [0.15, 0.2) is 11.6 Å². The van der Waals surface area contributed by atoms with Crippen molar-refractivity contribution in [3.63, 3.8) is 0 Å². The predicted molar refractivity (Wildman–Crippen MR) is 469 cm³/mol. The summed E-state index contributed by atoms with van der Waals surface area (Å²) in [4.78, 5) is 63.0. The van der Waals surface area contributed by atoms with Crippen molar-refractivity contribution < 1.29 is 98.6 Å². The van der Waals surface area contributed by atoms with E-state index in [0.717, 1.165) is 96.3 Å². The van der Waals surface area contributed by atoms with Gasteiger partial charge in [-0.25, -0.2) is 0 Å². The number of hydrogen-bond donors (Lipinski definition) is 0. The first-order valence-corrected chi connectivity index (χ1v) is 38.4. The second-order valence-electron chi connectivity index (χ2n) is 29.9. The maximum Gasteiger partial charge on any atom is 2.00 e. The fourth-order valence-corrected chi connectivity index (χ4v) is 12.5. The van der Waals surface area contributed by atoms with E-state index in [1.807, 2.05) is 255 Å². The van der Waals surface area contributed by atoms with Crippen LogP contribution in [-0.2, 0) is 101 Å². The minimum Gasteiger partial charge on any atom is -0.658 e. The SMILES string of the molecule is CC(=O)c1ccccc1[N-]c1ccccc1[N-]c1ccccc1C(C)=O.CC(C)(C)c1cc(N(c2cccc(-c3[c-]cccc3)n2)c2cccc(-c3[c-]cccc3)n2)cc(C(C)(C)C)c1.CC(C)(c1cccc(-c2[c-]nccc2)n1)c1cccc(-c2[c-]nccc2)n1.[Pt+2].[Pt+2].[Pt+2].[Pt+2].[c-]1ccccc1-c1cccc(Oc2cccc(-c3[c-]cccc3)n2)n1. The number of carbonyl (C=O) groups excluding carboxylic acids is 2. The molecule has 121 heavy (non-hydrogen) atoms. The van der Waals surface area contributed by atoms with Gasteiger partial charge in [-0.15, -0.1) is 190 Å². The number of pyridine rings is 8. The van der Waals surface area contributed by atoms with E-state index in [9.17, 15) is 9.59 Å². The van der Waals surface area contributed by atoms with E-state index in [0.29, 0.717) is 45.6 Å². The second-order valence-corrected chi connectivity index (χ2v) is 29.9. The molecule has 0 aliphatic heterocycles. The zero-order valence-corrected chi connectivity index (χ0v) is 77.3. The summed E-state index contributed by atoms with van der Waals surface area (Å²) in [6.45, 7) is 20.9. The number of ether oxygens (including phenoxy) is 1. The molecule has 14 nitrogen and oxygen atoms in total. The first-order valence-electron chi connectivity index (χ1n) is 38.4. The number of nitrogens with zero attached hydrogens (tertiary/aromatic N) is 11. The Bertz CT molecular complexity index is 5670. The molecular weight excluding hydrogens is 2220 g/mol. The molecule has 0 bridgehead atoms. The van der Waals surface area contributed by atoms with Crippen LogP contribution in [0.25, 0.3) is 78.2 Å². The van der Waals surface area contributed by atoms with Crippen molar-refractivity contribution in [2.75, 3.05) is 4.90 Å². The molecule has 0 unspecified atom stereocenters. The number of Topliss-reactive ketones (excluding diaryl/α,β-unsaturated/α-hetero) is 2. The Morgan fingerprint density at radius 1 is 0.322 bits per heavy atom. The van der Waals surface area contributed by atoms with Crippen LogP contribution in [0.1, 0.15) is 112 Å². The minimum atomic E-state index is -0.365. The van der Waals surface area contributed by atoms with Gasteiger partial charge in [0, 0.05) is 33.6 Å². The van der Waals surface area contributed by atoms with Gasteiger partial charge in [0.2, 0.25) is 11.8 Å². The molecular formula is C103H85N11O3Pt4. The van der Waals surface area contributed by atoms with Crippen molar-refractivity contribution in [1.82, 2.24) is 39.9 Å². The van der Waals surface area contributed by atoms with Gasteiger partial charge in [0.1, 0.15) is 11.6 Å². The van der Waals surface area contributed by atoms with Gasteiger partial charge in [-0.2, -0.15) is 11.4 Å². The largest absolute Gasteiger partial charge is 2.00 e. The Morgan fingerprint density at radius 2 is 0.636 bits per heavy atom. The van der Waals surface area contributed by atoms with Gasteiger partial charge in [0.05, 0.1) is 0 Å². The molecule has 0 N–H and O–H groups in total. The van der Waals surface area contributed by atoms with Crippen LogP contribution in [-0.4, -0.2) is 51.4 Å². The molecule has 0 saturated carbocycles. The molecule has 8 heterocycles. The molecule has 0 saturated heterocycles. The summed E-state index contributed by atoms with van der Waals surface area (Å²) in [6, 6.07) is 116. The van der Waals surface area contributed by atoms with Crippen LogP contribution in [0, 0.1) is 36.7 Å². The summed E-state index contributed by atoms with van der Waals surface area (Å²) in [7, 11) is 0. The van der Waals surface area contributed by atoms with Gasteiger partial charge in [0.25, 0.3) is 0 Å². The maximum absolute atomic E-state index is 11.8. The predicted octanol–water partition coefficient (Wildman–Crippen LogP) is 26.0. The standard InChI is InChI=1S/C36H35N3.C23H18N4.C22H20N2O2.C22H14N2O.4Pt/c1-35(2,3)28-23-29(36(4,5)6)25-30(24-28)39(33-21-13-19-31(37-33)26-15-9-7-10-16-26)34-22-14-20-32(38-34)27-17-11-8-12-18-27;1-23(2,21-11-3-9-19(26-21)17-7-5-13-24-15-17)22-12-4-10-20(27-22)18-8-6-14-25-16-18;1-15(25)17-9-3-5-11-19(17)23-21-13-7-8-14-22(21)24-20-12-6-4-10-18(20)16(2)26;1-3-9-17(10-4-1)19-13-7-15-21(23-19)25-22-16-8-14-20(24-22)18-11-5-2-6-12-18;;;;/h7-15,17,19-25H,1-6H3;3-14H,1-2H3;3-14H,1-2H3,(H2,23,24,25,26);1-9,11,13-16H;;;;/q2*-2;;-2;4*+2/p-2. The zero-order valence-electron chi connectivity index (χ0n) is 68.2. The van der Waals surface area contributed by atoms with E-state index in [1.54, 1.807) is 36.7 Å². The van der Waals surface area contributed by atoms with Crippen LogP contribution in [0.15, 0.2) is 334 Å². The number of rotatable bonds is 19. The molecule has 610 valence electrons. The fraction of sp³-hybridized carbons (Fsp3) is 0.126. The van der Waals surface area contributed by atoms with Crippen molar-refractivity contribution in [2.45, 2.75) is 85.5 Å². The maximum atomic E-state index is 11.8. The molecule has 0 spiro atoms. The number of hydrogen-bond acceptors (Lipinski definition) is 12. The van der Waals surface area contributed by atoms with E-state index >= 15 is 0 Å². The topological polar surface area (TPSA) is 178 Å². The number of ketones is 2. The Hall–Kier alpha value is -11.7. The summed E-state index contributed by atoms with van der Waals surface area (Å²) in [5.74, 6) is 2.52. The van der Waals surface area contributed by atoms with E-state index < -0.39 is 0 Å². The Kier molecular flexibility index (Phi) is 33.9. The molecule has 16 rings (SSSR count). The summed E-state index contributed by atoms with van der Waals surface area (Å²) >= 11 is 0. The first kappa shape index (κ1) is 93.1. The summed E-state index contributed by atoms with van der Waals surface area (Å²) in [6.07, 6.45) is 9.41. The van der Waals surface area contributed by atoms with E-state index in [2.05, 4.69) is 170 Å². The number of carbonyl (C=O) groups is 2. The molecule has 16 aromatic rings. The third-order valence-electron chi connectivity index (χ3n) is 18.9. The molecule has 0 fully saturated rings. The normalized spacial score (nSPS) is 10.7. The van der Waals surface area contributed by atoms with Gasteiger partial charge in [-0.05, 0) is 145 Å².